The van der Waals surface area contributed by atoms with Crippen LogP contribution >= 0.6 is 0 Å². The van der Waals surface area contributed by atoms with Gasteiger partial charge in [-0.1, -0.05) is 27.7 Å². The summed E-state index contributed by atoms with van der Waals surface area (Å²) in [5, 5.41) is 2.80. The quantitative estimate of drug-likeness (QED) is 0.653. The van der Waals surface area contributed by atoms with Gasteiger partial charge in [0.05, 0.1) is 10.6 Å². The Bertz CT molecular complexity index is 1090. The molecule has 1 aliphatic rings. The minimum Gasteiger partial charge on any atom is -0.481 e. The summed E-state index contributed by atoms with van der Waals surface area (Å²) < 4.78 is 32.1. The van der Waals surface area contributed by atoms with Crippen LogP contribution in [0.1, 0.15) is 38.1 Å². The normalized spacial score (nSPS) is 13.8. The summed E-state index contributed by atoms with van der Waals surface area (Å²) in [7, 11) is -3.58. The van der Waals surface area contributed by atoms with Gasteiger partial charge in [-0.05, 0) is 42.3 Å². The van der Waals surface area contributed by atoms with Crippen LogP contribution in [0.4, 0.5) is 11.4 Å². The Balaban J connectivity index is 1.76. The fourth-order valence-corrected chi connectivity index (χ4v) is 5.00. The van der Waals surface area contributed by atoms with E-state index in [-0.39, 0.29) is 23.3 Å². The predicted molar refractivity (Wildman–Crippen MR) is 124 cm³/mol. The van der Waals surface area contributed by atoms with Crippen LogP contribution in [0.3, 0.4) is 0 Å². The predicted octanol–water partition coefficient (Wildman–Crippen LogP) is 3.35. The SMILES string of the molecule is CCN(CC)S(=O)(=O)c1ccc(C(=O)Nc2ccc3c(c2)OCC(=O)N3CC(C)C)cc1. The Hall–Kier alpha value is -2.91. The van der Waals surface area contributed by atoms with Gasteiger partial charge in [-0.3, -0.25) is 9.59 Å². The molecule has 2 amide bonds. The zero-order chi connectivity index (χ0) is 23.5. The van der Waals surface area contributed by atoms with Gasteiger partial charge in [0, 0.05) is 37.0 Å². The number of benzene rings is 2. The van der Waals surface area contributed by atoms with Crippen molar-refractivity contribution in [3.05, 3.63) is 48.0 Å². The third kappa shape index (κ3) is 4.94. The first kappa shape index (κ1) is 23.7. The summed E-state index contributed by atoms with van der Waals surface area (Å²) in [5.74, 6) is 0.368. The summed E-state index contributed by atoms with van der Waals surface area (Å²) in [6.07, 6.45) is 0. The molecule has 0 aliphatic carbocycles. The number of nitrogens with one attached hydrogen (secondary N) is 1. The third-order valence-electron chi connectivity index (χ3n) is 5.17. The van der Waals surface area contributed by atoms with E-state index in [1.165, 1.54) is 28.6 Å². The van der Waals surface area contributed by atoms with Crippen LogP contribution in [-0.4, -0.2) is 50.8 Å². The number of hydrogen-bond donors (Lipinski definition) is 1. The number of hydrogen-bond acceptors (Lipinski definition) is 5. The van der Waals surface area contributed by atoms with E-state index >= 15 is 0 Å². The van der Waals surface area contributed by atoms with E-state index in [0.717, 1.165) is 0 Å². The van der Waals surface area contributed by atoms with Crippen LogP contribution in [0.25, 0.3) is 0 Å². The second-order valence-corrected chi connectivity index (χ2v) is 9.88. The summed E-state index contributed by atoms with van der Waals surface area (Å²) in [5.41, 5.74) is 1.53. The van der Waals surface area contributed by atoms with Crippen LogP contribution in [0.5, 0.6) is 5.75 Å². The number of ether oxygens (including phenoxy) is 1. The summed E-state index contributed by atoms with van der Waals surface area (Å²) in [4.78, 5) is 26.7. The van der Waals surface area contributed by atoms with E-state index in [4.69, 9.17) is 4.74 Å². The molecule has 0 radical (unpaired) electrons. The van der Waals surface area contributed by atoms with Gasteiger partial charge in [0.15, 0.2) is 6.61 Å². The first-order chi connectivity index (χ1) is 15.2. The maximum absolute atomic E-state index is 12.7. The van der Waals surface area contributed by atoms with Crippen molar-refractivity contribution >= 4 is 33.2 Å². The number of fused-ring (bicyclic) bond motifs is 1. The highest BCUT2D eigenvalue weighted by molar-refractivity contribution is 7.89. The first-order valence-electron chi connectivity index (χ1n) is 10.7. The highest BCUT2D eigenvalue weighted by atomic mass is 32.2. The molecule has 0 unspecified atom stereocenters. The summed E-state index contributed by atoms with van der Waals surface area (Å²) in [6.45, 7) is 8.93. The topological polar surface area (TPSA) is 96.0 Å². The van der Waals surface area contributed by atoms with Gasteiger partial charge in [-0.25, -0.2) is 8.42 Å². The molecule has 9 heteroatoms. The third-order valence-corrected chi connectivity index (χ3v) is 7.23. The minimum atomic E-state index is -3.58. The number of rotatable bonds is 8. The number of anilines is 2. The molecule has 1 heterocycles. The molecule has 0 spiro atoms. The van der Waals surface area contributed by atoms with Crippen LogP contribution in [0.2, 0.25) is 0 Å². The molecular formula is C23H29N3O5S. The maximum Gasteiger partial charge on any atom is 0.265 e. The zero-order valence-electron chi connectivity index (χ0n) is 18.8. The molecule has 0 bridgehead atoms. The lowest BCUT2D eigenvalue weighted by Gasteiger charge is -2.31. The number of carbonyl (C=O) groups excluding carboxylic acids is 2. The van der Waals surface area contributed by atoms with Crippen molar-refractivity contribution in [3.8, 4) is 5.75 Å². The molecule has 8 nitrogen and oxygen atoms in total. The Morgan fingerprint density at radius 2 is 1.78 bits per heavy atom. The van der Waals surface area contributed by atoms with E-state index in [9.17, 15) is 18.0 Å². The molecule has 0 saturated carbocycles. The number of carbonyl (C=O) groups is 2. The van der Waals surface area contributed by atoms with E-state index in [1.54, 1.807) is 36.9 Å². The van der Waals surface area contributed by atoms with Crippen LogP contribution in [-0.2, 0) is 14.8 Å². The molecule has 1 aliphatic heterocycles. The molecule has 0 saturated heterocycles. The summed E-state index contributed by atoms with van der Waals surface area (Å²) >= 11 is 0. The van der Waals surface area contributed by atoms with Gasteiger partial charge in [-0.15, -0.1) is 0 Å². The molecule has 0 aromatic heterocycles. The fraction of sp³-hybridized carbons (Fsp3) is 0.391. The Labute approximate surface area is 189 Å². The smallest absolute Gasteiger partial charge is 0.265 e. The molecule has 1 N–H and O–H groups in total. The number of sulfonamides is 1. The first-order valence-corrected chi connectivity index (χ1v) is 12.1. The van der Waals surface area contributed by atoms with Crippen molar-refractivity contribution in [1.82, 2.24) is 4.31 Å². The Morgan fingerprint density at radius 1 is 1.12 bits per heavy atom. The van der Waals surface area contributed by atoms with Crippen molar-refractivity contribution in [2.45, 2.75) is 32.6 Å². The molecule has 32 heavy (non-hydrogen) atoms. The standard InChI is InChI=1S/C23H29N3O5S/c1-5-25(6-2)32(29,30)19-10-7-17(8-11-19)23(28)24-18-9-12-20-21(13-18)31-15-22(27)26(20)14-16(3)4/h7-13,16H,5-6,14-15H2,1-4H3,(H,24,28). The van der Waals surface area contributed by atoms with Crippen LogP contribution < -0.4 is 15.0 Å². The van der Waals surface area contributed by atoms with Gasteiger partial charge >= 0.3 is 0 Å². The second kappa shape index (κ2) is 9.70. The van der Waals surface area contributed by atoms with Gasteiger partial charge < -0.3 is 15.0 Å². The minimum absolute atomic E-state index is 0.0421. The number of nitrogens with zero attached hydrogens (tertiary/aromatic N) is 2. The monoisotopic (exact) mass is 459 g/mol. The maximum atomic E-state index is 12.7. The van der Waals surface area contributed by atoms with Crippen LogP contribution in [0, 0.1) is 5.92 Å². The largest absolute Gasteiger partial charge is 0.481 e. The molecule has 172 valence electrons. The van der Waals surface area contributed by atoms with Crippen molar-refractivity contribution in [1.29, 1.82) is 0 Å². The van der Waals surface area contributed by atoms with Gasteiger partial charge in [0.2, 0.25) is 10.0 Å². The van der Waals surface area contributed by atoms with E-state index in [1.807, 2.05) is 13.8 Å². The molecule has 0 atom stereocenters. The van der Waals surface area contributed by atoms with Crippen molar-refractivity contribution in [3.63, 3.8) is 0 Å². The fourth-order valence-electron chi connectivity index (χ4n) is 3.54. The molecule has 2 aromatic rings. The lowest BCUT2D eigenvalue weighted by Crippen LogP contribution is -2.40. The van der Waals surface area contributed by atoms with Crippen LogP contribution in [0.15, 0.2) is 47.4 Å². The average Bonchev–Trinajstić information content (AvgIpc) is 2.76. The number of amides is 2. The van der Waals surface area contributed by atoms with Gasteiger partial charge in [-0.2, -0.15) is 4.31 Å². The molecule has 0 fully saturated rings. The molecule has 3 rings (SSSR count). The van der Waals surface area contributed by atoms with Crippen molar-refractivity contribution < 1.29 is 22.7 Å². The molecule has 2 aromatic carbocycles. The lowest BCUT2D eigenvalue weighted by atomic mass is 10.1. The lowest BCUT2D eigenvalue weighted by molar-refractivity contribution is -0.121. The summed E-state index contributed by atoms with van der Waals surface area (Å²) in [6, 6.07) is 11.0. The second-order valence-electron chi connectivity index (χ2n) is 7.94. The van der Waals surface area contributed by atoms with E-state index < -0.39 is 10.0 Å². The zero-order valence-corrected chi connectivity index (χ0v) is 19.6. The molecular weight excluding hydrogens is 430 g/mol. The van der Waals surface area contributed by atoms with Gasteiger partial charge in [0.25, 0.3) is 11.8 Å². The Morgan fingerprint density at radius 3 is 2.38 bits per heavy atom. The van der Waals surface area contributed by atoms with E-state index in [2.05, 4.69) is 5.32 Å². The van der Waals surface area contributed by atoms with E-state index in [0.29, 0.717) is 48.2 Å². The highest BCUT2D eigenvalue weighted by Crippen LogP contribution is 2.35. The van der Waals surface area contributed by atoms with Gasteiger partial charge in [0.1, 0.15) is 5.75 Å². The average molecular weight is 460 g/mol. The van der Waals surface area contributed by atoms with Crippen molar-refractivity contribution in [2.75, 3.05) is 36.5 Å². The highest BCUT2D eigenvalue weighted by Gasteiger charge is 2.26. The van der Waals surface area contributed by atoms with Crippen molar-refractivity contribution in [2.24, 2.45) is 5.92 Å². The Kier molecular flexibility index (Phi) is 7.20.